The number of aromatic nitrogens is 2. The van der Waals surface area contributed by atoms with Gasteiger partial charge in [-0.2, -0.15) is 0 Å². The molecular weight excluding hydrogens is 574 g/mol. The van der Waals surface area contributed by atoms with Crippen molar-refractivity contribution in [2.24, 2.45) is 5.92 Å². The average molecular weight is 611 g/mol. The standard InChI is InChI=1S/C30H36BrN5O4/c1-19(2)36-26-12-11-23(16-25(26)28(38)35(30(36)40)17-21-5-6-21)33-29(39)34-15-3-4-24(18-34)32-27(37)22-9-7-20(8-10-22)13-14-31/h7-12,16,19,21,24H,3-6,13-15,17-18H2,1-2H3,(H,32,37)(H,33,39)/t24-/m1/s1. The molecule has 0 radical (unpaired) electrons. The third kappa shape index (κ3) is 6.16. The molecule has 1 aliphatic heterocycles. The normalized spacial score (nSPS) is 17.3. The predicted octanol–water partition coefficient (Wildman–Crippen LogP) is 4.52. The molecule has 2 aliphatic rings. The van der Waals surface area contributed by atoms with E-state index in [1.807, 2.05) is 38.1 Å². The van der Waals surface area contributed by atoms with Gasteiger partial charge in [0.2, 0.25) is 0 Å². The Bertz CT molecular complexity index is 1520. The number of urea groups is 1. The Morgan fingerprint density at radius 2 is 1.80 bits per heavy atom. The smallest absolute Gasteiger partial charge is 0.331 e. The van der Waals surface area contributed by atoms with Gasteiger partial charge in [0.05, 0.1) is 10.9 Å². The Morgan fingerprint density at radius 3 is 2.48 bits per heavy atom. The molecule has 1 saturated heterocycles. The van der Waals surface area contributed by atoms with Crippen LogP contribution in [0.25, 0.3) is 10.9 Å². The highest BCUT2D eigenvalue weighted by Gasteiger charge is 2.27. The van der Waals surface area contributed by atoms with Crippen molar-refractivity contribution in [3.63, 3.8) is 0 Å². The van der Waals surface area contributed by atoms with Crippen LogP contribution in [0.4, 0.5) is 10.5 Å². The number of hydrogen-bond donors (Lipinski definition) is 2. The molecule has 0 unspecified atom stereocenters. The van der Waals surface area contributed by atoms with Crippen molar-refractivity contribution >= 4 is 44.5 Å². The number of alkyl halides is 1. The minimum Gasteiger partial charge on any atom is -0.348 e. The number of halogens is 1. The molecule has 2 aromatic carbocycles. The minimum absolute atomic E-state index is 0.116. The summed E-state index contributed by atoms with van der Waals surface area (Å²) in [5.41, 5.74) is 2.22. The number of likely N-dealkylation sites (tertiary alicyclic amines) is 1. The molecule has 0 spiro atoms. The van der Waals surface area contributed by atoms with Crippen molar-refractivity contribution in [3.8, 4) is 0 Å². The summed E-state index contributed by atoms with van der Waals surface area (Å²) < 4.78 is 3.00. The molecule has 212 valence electrons. The number of aryl methyl sites for hydroxylation is 1. The van der Waals surface area contributed by atoms with Gasteiger partial charge in [-0.15, -0.1) is 0 Å². The lowest BCUT2D eigenvalue weighted by Crippen LogP contribution is -2.50. The fourth-order valence-electron chi connectivity index (χ4n) is 5.36. The van der Waals surface area contributed by atoms with Crippen molar-refractivity contribution in [3.05, 3.63) is 74.4 Å². The highest BCUT2D eigenvalue weighted by molar-refractivity contribution is 9.09. The molecule has 10 heteroatoms. The van der Waals surface area contributed by atoms with Crippen LogP contribution in [0, 0.1) is 5.92 Å². The molecule has 1 aromatic heterocycles. The molecular formula is C30H36BrN5O4. The summed E-state index contributed by atoms with van der Waals surface area (Å²) in [5, 5.41) is 7.28. The van der Waals surface area contributed by atoms with E-state index in [-0.39, 0.29) is 35.3 Å². The quantitative estimate of drug-likeness (QED) is 0.366. The molecule has 9 nitrogen and oxygen atoms in total. The zero-order valence-electron chi connectivity index (χ0n) is 23.0. The Hall–Kier alpha value is -3.40. The third-order valence-electron chi connectivity index (χ3n) is 7.72. The second-order valence-electron chi connectivity index (χ2n) is 11.2. The number of carbonyl (C=O) groups excluding carboxylic acids is 2. The number of rotatable bonds is 8. The Labute approximate surface area is 241 Å². The van der Waals surface area contributed by atoms with Gasteiger partial charge in [0.1, 0.15) is 0 Å². The van der Waals surface area contributed by atoms with Crippen LogP contribution in [0.1, 0.15) is 61.5 Å². The molecule has 40 heavy (non-hydrogen) atoms. The summed E-state index contributed by atoms with van der Waals surface area (Å²) in [6.07, 6.45) is 4.53. The van der Waals surface area contributed by atoms with Crippen LogP contribution < -0.4 is 21.9 Å². The van der Waals surface area contributed by atoms with Crippen LogP contribution >= 0.6 is 15.9 Å². The van der Waals surface area contributed by atoms with Crippen LogP contribution in [0.5, 0.6) is 0 Å². The number of piperidine rings is 1. The second-order valence-corrected chi connectivity index (χ2v) is 12.0. The average Bonchev–Trinajstić information content (AvgIpc) is 3.76. The molecule has 0 bridgehead atoms. The molecule has 2 N–H and O–H groups in total. The zero-order valence-corrected chi connectivity index (χ0v) is 24.6. The van der Waals surface area contributed by atoms with E-state index in [1.54, 1.807) is 27.7 Å². The van der Waals surface area contributed by atoms with Crippen LogP contribution in [-0.2, 0) is 13.0 Å². The lowest BCUT2D eigenvalue weighted by atomic mass is 10.0. The molecule has 3 aromatic rings. The predicted molar refractivity (Wildman–Crippen MR) is 161 cm³/mol. The second kappa shape index (κ2) is 12.0. The van der Waals surface area contributed by atoms with Gasteiger partial charge in [-0.05, 0) is 87.8 Å². The highest BCUT2D eigenvalue weighted by atomic mass is 79.9. The number of hydrogen-bond acceptors (Lipinski definition) is 4. The molecule has 1 atom stereocenters. The van der Waals surface area contributed by atoms with Crippen molar-refractivity contribution < 1.29 is 9.59 Å². The van der Waals surface area contributed by atoms with Gasteiger partial charge in [-0.25, -0.2) is 9.59 Å². The fraction of sp³-hybridized carbons (Fsp3) is 0.467. The SMILES string of the molecule is CC(C)n1c(=O)n(CC2CC2)c(=O)c2cc(NC(=O)N3CCC[C@@H](NC(=O)c4ccc(CCBr)cc4)C3)ccc21. The lowest BCUT2D eigenvalue weighted by molar-refractivity contribution is 0.0913. The van der Waals surface area contributed by atoms with Crippen molar-refractivity contribution in [2.75, 3.05) is 23.7 Å². The van der Waals surface area contributed by atoms with Gasteiger partial charge < -0.3 is 15.5 Å². The summed E-state index contributed by atoms with van der Waals surface area (Å²) >= 11 is 3.43. The van der Waals surface area contributed by atoms with E-state index in [0.29, 0.717) is 47.7 Å². The fourth-order valence-corrected chi connectivity index (χ4v) is 5.82. The number of nitrogens with one attached hydrogen (secondary N) is 2. The maximum atomic E-state index is 13.3. The number of amides is 3. The van der Waals surface area contributed by atoms with E-state index < -0.39 is 0 Å². The molecule has 1 saturated carbocycles. The highest BCUT2D eigenvalue weighted by Crippen LogP contribution is 2.30. The first-order valence-corrected chi connectivity index (χ1v) is 15.2. The minimum atomic E-state index is -0.319. The lowest BCUT2D eigenvalue weighted by Gasteiger charge is -2.33. The number of nitrogens with zero attached hydrogens (tertiary/aromatic N) is 3. The van der Waals surface area contributed by atoms with Gasteiger partial charge in [-0.3, -0.25) is 18.7 Å². The topological polar surface area (TPSA) is 105 Å². The monoisotopic (exact) mass is 609 g/mol. The van der Waals surface area contributed by atoms with Gasteiger partial charge >= 0.3 is 11.7 Å². The van der Waals surface area contributed by atoms with E-state index in [0.717, 1.165) is 43.0 Å². The summed E-state index contributed by atoms with van der Waals surface area (Å²) in [6.45, 7) is 5.25. The van der Waals surface area contributed by atoms with E-state index in [1.165, 1.54) is 4.57 Å². The van der Waals surface area contributed by atoms with Crippen molar-refractivity contribution in [1.82, 2.24) is 19.4 Å². The van der Waals surface area contributed by atoms with Crippen LogP contribution in [0.15, 0.2) is 52.1 Å². The number of carbonyl (C=O) groups is 2. The van der Waals surface area contributed by atoms with Gasteiger partial charge in [0.15, 0.2) is 0 Å². The summed E-state index contributed by atoms with van der Waals surface area (Å²) in [4.78, 5) is 54.2. The Morgan fingerprint density at radius 1 is 1.05 bits per heavy atom. The van der Waals surface area contributed by atoms with Gasteiger partial charge in [0, 0.05) is 48.3 Å². The molecule has 2 heterocycles. The number of benzene rings is 2. The third-order valence-corrected chi connectivity index (χ3v) is 8.11. The first kappa shape index (κ1) is 28.1. The largest absolute Gasteiger partial charge is 0.348 e. The number of anilines is 1. The molecule has 3 amide bonds. The number of fused-ring (bicyclic) bond motifs is 1. The van der Waals surface area contributed by atoms with Crippen LogP contribution in [0.3, 0.4) is 0 Å². The van der Waals surface area contributed by atoms with Crippen molar-refractivity contribution in [1.29, 1.82) is 0 Å². The van der Waals surface area contributed by atoms with Gasteiger partial charge in [-0.1, -0.05) is 28.1 Å². The van der Waals surface area contributed by atoms with Crippen LogP contribution in [-0.4, -0.2) is 50.4 Å². The van der Waals surface area contributed by atoms with E-state index in [2.05, 4.69) is 26.6 Å². The van der Waals surface area contributed by atoms with Crippen LogP contribution in [0.2, 0.25) is 0 Å². The summed E-state index contributed by atoms with van der Waals surface area (Å²) in [7, 11) is 0. The summed E-state index contributed by atoms with van der Waals surface area (Å²) in [5.74, 6) is 0.225. The summed E-state index contributed by atoms with van der Waals surface area (Å²) in [6, 6.07) is 12.2. The van der Waals surface area contributed by atoms with E-state index in [9.17, 15) is 19.2 Å². The maximum absolute atomic E-state index is 13.3. The Kier molecular flexibility index (Phi) is 8.44. The maximum Gasteiger partial charge on any atom is 0.331 e. The van der Waals surface area contributed by atoms with E-state index in [4.69, 9.17) is 0 Å². The Balaban J connectivity index is 1.29. The van der Waals surface area contributed by atoms with E-state index >= 15 is 0 Å². The first-order valence-electron chi connectivity index (χ1n) is 14.1. The molecule has 5 rings (SSSR count). The zero-order chi connectivity index (χ0) is 28.4. The molecule has 2 fully saturated rings. The van der Waals surface area contributed by atoms with Gasteiger partial charge in [0.25, 0.3) is 11.5 Å². The molecule has 1 aliphatic carbocycles. The van der Waals surface area contributed by atoms with Crippen molar-refractivity contribution in [2.45, 2.75) is 64.6 Å². The first-order chi connectivity index (χ1) is 19.2.